The first-order valence-corrected chi connectivity index (χ1v) is 10.2. The summed E-state index contributed by atoms with van der Waals surface area (Å²) in [5.41, 5.74) is 3.25. The third-order valence-electron chi connectivity index (χ3n) is 5.61. The van der Waals surface area contributed by atoms with E-state index in [-0.39, 0.29) is 11.5 Å². The molecule has 1 saturated heterocycles. The molecule has 1 atom stereocenters. The lowest BCUT2D eigenvalue weighted by molar-refractivity contribution is 0.0337. The summed E-state index contributed by atoms with van der Waals surface area (Å²) in [4.78, 5) is 14.9. The molecule has 2 aromatic carbocycles. The Balaban J connectivity index is 1.52. The molecule has 0 unspecified atom stereocenters. The molecule has 0 saturated carbocycles. The van der Waals surface area contributed by atoms with Gasteiger partial charge in [0, 0.05) is 37.0 Å². The van der Waals surface area contributed by atoms with Crippen LogP contribution in [0.1, 0.15) is 29.5 Å². The zero-order valence-corrected chi connectivity index (χ0v) is 17.0. The molecule has 0 spiro atoms. The lowest BCUT2D eigenvalue weighted by Crippen LogP contribution is -2.37. The third-order valence-corrected chi connectivity index (χ3v) is 5.61. The molecule has 0 amide bonds. The SMILES string of the molecule is Cc1c(CN2CCOCC2)c(=O)oc2cc(OC[C@@H](C)c3ccccc3)ccc12. The van der Waals surface area contributed by atoms with Crippen molar-refractivity contribution in [3.63, 3.8) is 0 Å². The minimum atomic E-state index is -0.267. The summed E-state index contributed by atoms with van der Waals surface area (Å²) in [6.07, 6.45) is 0. The largest absolute Gasteiger partial charge is 0.493 e. The van der Waals surface area contributed by atoms with Gasteiger partial charge in [-0.3, -0.25) is 4.90 Å². The van der Waals surface area contributed by atoms with Gasteiger partial charge in [0.15, 0.2) is 0 Å². The second kappa shape index (κ2) is 8.80. The standard InChI is InChI=1S/C24H27NO4/c1-17(19-6-4-3-5-7-19)16-28-20-8-9-21-18(2)22(24(26)29-23(21)14-20)15-25-10-12-27-13-11-25/h3-9,14,17H,10-13,15-16H2,1-2H3/t17-/m1/s1. The molecule has 29 heavy (non-hydrogen) atoms. The molecule has 0 bridgehead atoms. The minimum absolute atomic E-state index is 0.267. The van der Waals surface area contributed by atoms with Crippen molar-refractivity contribution in [2.45, 2.75) is 26.3 Å². The fourth-order valence-electron chi connectivity index (χ4n) is 3.73. The van der Waals surface area contributed by atoms with Crippen LogP contribution in [0, 0.1) is 6.92 Å². The average molecular weight is 393 g/mol. The summed E-state index contributed by atoms with van der Waals surface area (Å²) >= 11 is 0. The van der Waals surface area contributed by atoms with E-state index in [2.05, 4.69) is 24.0 Å². The van der Waals surface area contributed by atoms with Crippen molar-refractivity contribution in [1.29, 1.82) is 0 Å². The van der Waals surface area contributed by atoms with E-state index >= 15 is 0 Å². The Morgan fingerprint density at radius 1 is 1.10 bits per heavy atom. The van der Waals surface area contributed by atoms with Gasteiger partial charge >= 0.3 is 5.63 Å². The van der Waals surface area contributed by atoms with Crippen LogP contribution in [-0.2, 0) is 11.3 Å². The normalized spacial score (nSPS) is 16.1. The first kappa shape index (κ1) is 19.7. The maximum absolute atomic E-state index is 12.6. The molecular weight excluding hydrogens is 366 g/mol. The van der Waals surface area contributed by atoms with Gasteiger partial charge in [0.05, 0.1) is 25.4 Å². The predicted molar refractivity (Wildman–Crippen MR) is 114 cm³/mol. The molecule has 0 aliphatic carbocycles. The van der Waals surface area contributed by atoms with Gasteiger partial charge in [-0.1, -0.05) is 37.3 Å². The van der Waals surface area contributed by atoms with Crippen molar-refractivity contribution >= 4 is 11.0 Å². The Bertz CT molecular complexity index is 1020. The fraction of sp³-hybridized carbons (Fsp3) is 0.375. The van der Waals surface area contributed by atoms with Crippen LogP contribution < -0.4 is 10.4 Å². The van der Waals surface area contributed by atoms with Crippen LogP contribution in [0.5, 0.6) is 5.75 Å². The summed E-state index contributed by atoms with van der Waals surface area (Å²) in [5, 5.41) is 0.955. The highest BCUT2D eigenvalue weighted by molar-refractivity contribution is 5.82. The molecule has 0 radical (unpaired) electrons. The van der Waals surface area contributed by atoms with Gasteiger partial charge in [0.25, 0.3) is 0 Å². The van der Waals surface area contributed by atoms with Crippen molar-refractivity contribution in [3.8, 4) is 5.75 Å². The van der Waals surface area contributed by atoms with Crippen LogP contribution in [0.3, 0.4) is 0 Å². The van der Waals surface area contributed by atoms with E-state index in [0.29, 0.717) is 37.7 Å². The van der Waals surface area contributed by atoms with E-state index in [0.717, 1.165) is 29.6 Å². The zero-order chi connectivity index (χ0) is 20.2. The van der Waals surface area contributed by atoms with Gasteiger partial charge < -0.3 is 13.9 Å². The first-order valence-electron chi connectivity index (χ1n) is 10.2. The van der Waals surface area contributed by atoms with Crippen LogP contribution in [0.25, 0.3) is 11.0 Å². The number of nitrogens with zero attached hydrogens (tertiary/aromatic N) is 1. The topological polar surface area (TPSA) is 51.9 Å². The van der Waals surface area contributed by atoms with Crippen molar-refractivity contribution in [3.05, 3.63) is 75.6 Å². The number of hydrogen-bond donors (Lipinski definition) is 0. The van der Waals surface area contributed by atoms with Gasteiger partial charge in [0.2, 0.25) is 0 Å². The molecule has 152 valence electrons. The fourth-order valence-corrected chi connectivity index (χ4v) is 3.73. The Kier molecular flexibility index (Phi) is 5.97. The second-order valence-corrected chi connectivity index (χ2v) is 7.66. The first-order chi connectivity index (χ1) is 14.1. The zero-order valence-electron chi connectivity index (χ0n) is 17.0. The number of aryl methyl sites for hydroxylation is 1. The van der Waals surface area contributed by atoms with E-state index in [1.165, 1.54) is 5.56 Å². The second-order valence-electron chi connectivity index (χ2n) is 7.66. The van der Waals surface area contributed by atoms with Gasteiger partial charge in [-0.15, -0.1) is 0 Å². The van der Waals surface area contributed by atoms with Gasteiger partial charge in [0.1, 0.15) is 11.3 Å². The van der Waals surface area contributed by atoms with Crippen LogP contribution in [0.4, 0.5) is 0 Å². The summed E-state index contributed by atoms with van der Waals surface area (Å²) in [7, 11) is 0. The molecule has 1 aromatic heterocycles. The Labute approximate surface area is 170 Å². The number of ether oxygens (including phenoxy) is 2. The average Bonchev–Trinajstić information content (AvgIpc) is 2.76. The highest BCUT2D eigenvalue weighted by Crippen LogP contribution is 2.26. The lowest BCUT2D eigenvalue weighted by atomic mass is 10.0. The smallest absolute Gasteiger partial charge is 0.341 e. The van der Waals surface area contributed by atoms with E-state index < -0.39 is 0 Å². The quantitative estimate of drug-likeness (QED) is 0.590. The number of rotatable bonds is 6. The molecule has 4 rings (SSSR count). The molecular formula is C24H27NO4. The summed E-state index contributed by atoms with van der Waals surface area (Å²) in [6, 6.07) is 16.0. The lowest BCUT2D eigenvalue weighted by Gasteiger charge is -2.26. The van der Waals surface area contributed by atoms with Crippen molar-refractivity contribution in [2.75, 3.05) is 32.9 Å². The minimum Gasteiger partial charge on any atom is -0.493 e. The number of benzene rings is 2. The van der Waals surface area contributed by atoms with E-state index in [1.807, 2.05) is 43.3 Å². The van der Waals surface area contributed by atoms with E-state index in [9.17, 15) is 4.79 Å². The van der Waals surface area contributed by atoms with E-state index in [4.69, 9.17) is 13.9 Å². The monoisotopic (exact) mass is 393 g/mol. The van der Waals surface area contributed by atoms with Crippen LogP contribution in [-0.4, -0.2) is 37.8 Å². The molecule has 1 fully saturated rings. The maximum atomic E-state index is 12.6. The van der Waals surface area contributed by atoms with Gasteiger partial charge in [-0.2, -0.15) is 0 Å². The summed E-state index contributed by atoms with van der Waals surface area (Å²) < 4.78 is 17.0. The molecule has 5 nitrogen and oxygen atoms in total. The summed E-state index contributed by atoms with van der Waals surface area (Å²) in [5.74, 6) is 0.986. The molecule has 5 heteroatoms. The van der Waals surface area contributed by atoms with Crippen LogP contribution in [0.2, 0.25) is 0 Å². The Morgan fingerprint density at radius 3 is 2.62 bits per heavy atom. The van der Waals surface area contributed by atoms with Crippen LogP contribution >= 0.6 is 0 Å². The predicted octanol–water partition coefficient (Wildman–Crippen LogP) is 4.12. The highest BCUT2D eigenvalue weighted by atomic mass is 16.5. The van der Waals surface area contributed by atoms with Crippen molar-refractivity contribution < 1.29 is 13.9 Å². The maximum Gasteiger partial charge on any atom is 0.341 e. The van der Waals surface area contributed by atoms with E-state index in [1.54, 1.807) is 0 Å². The molecule has 2 heterocycles. The number of fused-ring (bicyclic) bond motifs is 1. The molecule has 1 aliphatic heterocycles. The third kappa shape index (κ3) is 4.52. The molecule has 3 aromatic rings. The highest BCUT2D eigenvalue weighted by Gasteiger charge is 2.17. The summed E-state index contributed by atoms with van der Waals surface area (Å²) in [6.45, 7) is 8.38. The number of hydrogen-bond acceptors (Lipinski definition) is 5. The van der Waals surface area contributed by atoms with Gasteiger partial charge in [-0.05, 0) is 30.2 Å². The Hall–Kier alpha value is -2.63. The molecule has 1 aliphatic rings. The number of morpholine rings is 1. The van der Waals surface area contributed by atoms with Gasteiger partial charge in [-0.25, -0.2) is 4.79 Å². The van der Waals surface area contributed by atoms with Crippen molar-refractivity contribution in [2.24, 2.45) is 0 Å². The molecule has 0 N–H and O–H groups in total. The van der Waals surface area contributed by atoms with Crippen molar-refractivity contribution in [1.82, 2.24) is 4.90 Å². The Morgan fingerprint density at radius 2 is 1.86 bits per heavy atom. The van der Waals surface area contributed by atoms with Crippen LogP contribution in [0.15, 0.2) is 57.7 Å².